The van der Waals surface area contributed by atoms with Crippen LogP contribution >= 0.6 is 0 Å². The molecule has 1 saturated carbocycles. The van der Waals surface area contributed by atoms with Gasteiger partial charge in [-0.3, -0.25) is 0 Å². The van der Waals surface area contributed by atoms with Crippen molar-refractivity contribution in [3.63, 3.8) is 0 Å². The van der Waals surface area contributed by atoms with Crippen LogP contribution in [0.3, 0.4) is 0 Å². The predicted octanol–water partition coefficient (Wildman–Crippen LogP) is -3.11. The summed E-state index contributed by atoms with van der Waals surface area (Å²) in [4.78, 5) is 0. The number of ether oxygens (including phenoxy) is 3. The number of aliphatic hydroxyl groups is 7. The summed E-state index contributed by atoms with van der Waals surface area (Å²) in [7, 11) is 0. The summed E-state index contributed by atoms with van der Waals surface area (Å²) < 4.78 is 15.8. The molecule has 7 N–H and O–H groups in total. The summed E-state index contributed by atoms with van der Waals surface area (Å²) in [6, 6.07) is 0. The molecule has 0 aromatic carbocycles. The van der Waals surface area contributed by atoms with E-state index in [1.54, 1.807) is 0 Å². The summed E-state index contributed by atoms with van der Waals surface area (Å²) in [5.74, 6) is -3.48. The van der Waals surface area contributed by atoms with Gasteiger partial charge in [-0.1, -0.05) is 0 Å². The van der Waals surface area contributed by atoms with Gasteiger partial charge in [-0.05, 0) is 25.8 Å². The van der Waals surface area contributed by atoms with Crippen molar-refractivity contribution < 1.29 is 50.0 Å². The number of fused-ring (bicyclic) bond motifs is 1. The van der Waals surface area contributed by atoms with Crippen LogP contribution in [0, 0.1) is 5.92 Å². The highest BCUT2D eigenvalue weighted by Gasteiger charge is 2.60. The molecule has 0 radical (unpaired) electrons. The van der Waals surface area contributed by atoms with Crippen LogP contribution in [-0.2, 0) is 14.2 Å². The van der Waals surface area contributed by atoms with Gasteiger partial charge in [-0.2, -0.15) is 0 Å². The maximum Gasteiger partial charge on any atom is 0.221 e. The Bertz CT molecular complexity index is 538. The zero-order valence-corrected chi connectivity index (χ0v) is 13.6. The Hall–Kier alpha value is -0.820. The molecule has 1 saturated heterocycles. The highest BCUT2D eigenvalue weighted by molar-refractivity contribution is 5.16. The first kappa shape index (κ1) is 19.0. The second-order valence-corrected chi connectivity index (χ2v) is 7.18. The van der Waals surface area contributed by atoms with Crippen molar-refractivity contribution in [1.29, 1.82) is 0 Å². The molecule has 3 rings (SSSR count). The normalized spacial score (nSPS) is 55.7. The van der Waals surface area contributed by atoms with Crippen molar-refractivity contribution in [2.75, 3.05) is 6.61 Å². The smallest absolute Gasteiger partial charge is 0.221 e. The summed E-state index contributed by atoms with van der Waals surface area (Å²) in [6.45, 7) is 0.448. The van der Waals surface area contributed by atoms with E-state index < -0.39 is 60.4 Å². The average Bonchev–Trinajstić information content (AvgIpc) is 2.81. The Morgan fingerprint density at radius 3 is 2.40 bits per heavy atom. The Labute approximate surface area is 143 Å². The van der Waals surface area contributed by atoms with Crippen LogP contribution in [0.25, 0.3) is 0 Å². The maximum absolute atomic E-state index is 10.7. The lowest BCUT2D eigenvalue weighted by Crippen LogP contribution is -2.67. The molecule has 25 heavy (non-hydrogen) atoms. The van der Waals surface area contributed by atoms with E-state index >= 15 is 0 Å². The highest BCUT2D eigenvalue weighted by atomic mass is 16.8. The second-order valence-electron chi connectivity index (χ2n) is 7.18. The van der Waals surface area contributed by atoms with Crippen molar-refractivity contribution in [2.24, 2.45) is 5.92 Å². The zero-order chi connectivity index (χ0) is 18.6. The van der Waals surface area contributed by atoms with Crippen LogP contribution in [0.4, 0.5) is 0 Å². The molecule has 3 aliphatic rings. The molecule has 144 valence electrons. The van der Waals surface area contributed by atoms with Gasteiger partial charge >= 0.3 is 0 Å². The monoisotopic (exact) mass is 364 g/mol. The summed E-state index contributed by atoms with van der Waals surface area (Å²) in [5.41, 5.74) is -2.73. The lowest BCUT2D eigenvalue weighted by atomic mass is 9.82. The van der Waals surface area contributed by atoms with Gasteiger partial charge in [-0.25, -0.2) is 0 Å². The molecule has 9 atom stereocenters. The van der Waals surface area contributed by atoms with E-state index in [0.29, 0.717) is 0 Å². The van der Waals surface area contributed by atoms with Gasteiger partial charge in [0.1, 0.15) is 18.3 Å². The Kier molecular flexibility index (Phi) is 4.64. The number of hydrogen-bond donors (Lipinski definition) is 7. The van der Waals surface area contributed by atoms with Gasteiger partial charge in [0.05, 0.1) is 30.0 Å². The number of aliphatic hydroxyl groups excluding tert-OH is 4. The summed E-state index contributed by atoms with van der Waals surface area (Å²) in [6.07, 6.45) is -5.41. The van der Waals surface area contributed by atoms with E-state index in [1.165, 1.54) is 19.3 Å². The molecule has 2 heterocycles. The van der Waals surface area contributed by atoms with Gasteiger partial charge < -0.3 is 50.0 Å². The van der Waals surface area contributed by atoms with Crippen molar-refractivity contribution in [3.05, 3.63) is 12.3 Å². The number of rotatable bonds is 3. The third-order valence-corrected chi connectivity index (χ3v) is 5.31. The quantitative estimate of drug-likeness (QED) is 0.272. The lowest BCUT2D eigenvalue weighted by Gasteiger charge is -2.47. The van der Waals surface area contributed by atoms with Crippen molar-refractivity contribution >= 4 is 0 Å². The SMILES string of the molecule is C[C@]1(O)CC[C@@]2(O)C=CO[C@H](O[C@H]3O[C@@](O)(CO)[C@@H](O)[C@H](O)[C@H]3O)[C@@H]12. The summed E-state index contributed by atoms with van der Waals surface area (Å²) in [5, 5.41) is 70.1. The van der Waals surface area contributed by atoms with Crippen LogP contribution in [-0.4, -0.2) is 90.2 Å². The largest absolute Gasteiger partial charge is 0.472 e. The highest BCUT2D eigenvalue weighted by Crippen LogP contribution is 2.49. The van der Waals surface area contributed by atoms with Gasteiger partial charge in [0.25, 0.3) is 0 Å². The third kappa shape index (κ3) is 2.97. The summed E-state index contributed by atoms with van der Waals surface area (Å²) >= 11 is 0. The predicted molar refractivity (Wildman–Crippen MR) is 78.3 cm³/mol. The van der Waals surface area contributed by atoms with Crippen LogP contribution in [0.1, 0.15) is 19.8 Å². The van der Waals surface area contributed by atoms with E-state index in [2.05, 4.69) is 0 Å². The van der Waals surface area contributed by atoms with E-state index in [0.717, 1.165) is 0 Å². The Balaban J connectivity index is 1.82. The van der Waals surface area contributed by atoms with Crippen LogP contribution in [0.2, 0.25) is 0 Å². The Morgan fingerprint density at radius 1 is 1.08 bits per heavy atom. The third-order valence-electron chi connectivity index (χ3n) is 5.31. The molecule has 2 fully saturated rings. The van der Waals surface area contributed by atoms with Crippen LogP contribution in [0.5, 0.6) is 0 Å². The molecule has 0 unspecified atom stereocenters. The molecule has 2 aliphatic heterocycles. The van der Waals surface area contributed by atoms with Gasteiger partial charge in [0, 0.05) is 0 Å². The molecular weight excluding hydrogens is 340 g/mol. The molecule has 0 spiro atoms. The maximum atomic E-state index is 10.7. The molecule has 10 heteroatoms. The molecular formula is C15H24O10. The zero-order valence-electron chi connectivity index (χ0n) is 13.6. The second kappa shape index (κ2) is 6.12. The topological polar surface area (TPSA) is 169 Å². The lowest BCUT2D eigenvalue weighted by molar-refractivity contribution is -0.419. The Morgan fingerprint density at radius 2 is 1.76 bits per heavy atom. The minimum Gasteiger partial charge on any atom is -0.472 e. The molecule has 10 nitrogen and oxygen atoms in total. The van der Waals surface area contributed by atoms with E-state index in [-0.39, 0.29) is 12.8 Å². The van der Waals surface area contributed by atoms with Crippen molar-refractivity contribution in [1.82, 2.24) is 0 Å². The first-order valence-corrected chi connectivity index (χ1v) is 8.03. The van der Waals surface area contributed by atoms with Crippen LogP contribution < -0.4 is 0 Å². The van der Waals surface area contributed by atoms with Crippen molar-refractivity contribution in [2.45, 2.75) is 67.6 Å². The molecule has 0 bridgehead atoms. The molecule has 1 aliphatic carbocycles. The standard InChI is InChI=1S/C15H24O10/c1-13(20)2-3-14(21)4-5-23-12(9(13)14)24-11-8(18)7(17)10(19)15(22,6-16)25-11/h4-5,7-12,16-22H,2-3,6H2,1H3/t7-,8-,9+,10+,11+,12-,13+,14-,15+/m1/s1. The molecule has 0 aromatic rings. The number of hydrogen-bond acceptors (Lipinski definition) is 10. The fourth-order valence-corrected chi connectivity index (χ4v) is 3.77. The molecule has 0 aromatic heterocycles. The first-order valence-electron chi connectivity index (χ1n) is 8.03. The molecule has 0 amide bonds. The van der Waals surface area contributed by atoms with Gasteiger partial charge in [0.2, 0.25) is 12.1 Å². The van der Waals surface area contributed by atoms with E-state index in [9.17, 15) is 35.7 Å². The fraction of sp³-hybridized carbons (Fsp3) is 0.867. The van der Waals surface area contributed by atoms with Gasteiger partial charge in [0.15, 0.2) is 6.29 Å². The van der Waals surface area contributed by atoms with E-state index in [4.69, 9.17) is 14.2 Å². The van der Waals surface area contributed by atoms with Crippen molar-refractivity contribution in [3.8, 4) is 0 Å². The van der Waals surface area contributed by atoms with Crippen LogP contribution in [0.15, 0.2) is 12.3 Å². The minimum atomic E-state index is -2.55. The minimum absolute atomic E-state index is 0.264. The average molecular weight is 364 g/mol. The van der Waals surface area contributed by atoms with Gasteiger partial charge in [-0.15, -0.1) is 0 Å². The van der Waals surface area contributed by atoms with E-state index in [1.807, 2.05) is 0 Å². The fourth-order valence-electron chi connectivity index (χ4n) is 3.77. The first-order chi connectivity index (χ1) is 11.5.